The van der Waals surface area contributed by atoms with Crippen LogP contribution < -0.4 is 0 Å². The first-order valence-corrected chi connectivity index (χ1v) is 12.8. The summed E-state index contributed by atoms with van der Waals surface area (Å²) in [5.74, 6) is -0.367. The minimum Gasteiger partial charge on any atom is -0.755 e. The van der Waals surface area contributed by atoms with Gasteiger partial charge in [0, 0.05) is 30.7 Å². The molecule has 0 spiro atoms. The molecule has 1 aliphatic heterocycles. The molecule has 10 heteroatoms. The van der Waals surface area contributed by atoms with Crippen LogP contribution in [0.15, 0.2) is 20.7 Å². The molecule has 1 amide bonds. The van der Waals surface area contributed by atoms with Crippen molar-refractivity contribution >= 4 is 23.5 Å². The minimum atomic E-state index is -2.55. The SMILES string of the molecule is O=CCCCN(C(=O)CCCCCCCCCCCCCCCC1N=NN=N1)S(=O)[O-]. The van der Waals surface area contributed by atoms with Crippen molar-refractivity contribution in [1.82, 2.24) is 4.31 Å². The molecule has 31 heavy (non-hydrogen) atoms. The maximum Gasteiger partial charge on any atom is 0.233 e. The van der Waals surface area contributed by atoms with Gasteiger partial charge in [0.05, 0.1) is 0 Å². The Labute approximate surface area is 188 Å². The van der Waals surface area contributed by atoms with E-state index in [1.165, 1.54) is 57.8 Å². The number of carbonyl (C=O) groups excluding carboxylic acids is 2. The largest absolute Gasteiger partial charge is 0.755 e. The molecule has 1 aliphatic rings. The number of hydrogen-bond donors (Lipinski definition) is 0. The molecule has 1 rings (SSSR count). The lowest BCUT2D eigenvalue weighted by molar-refractivity contribution is -0.126. The summed E-state index contributed by atoms with van der Waals surface area (Å²) in [7, 11) is 0. The Hall–Kier alpha value is -1.55. The van der Waals surface area contributed by atoms with Gasteiger partial charge in [-0.15, -0.1) is 10.2 Å². The molecule has 0 aliphatic carbocycles. The van der Waals surface area contributed by atoms with Gasteiger partial charge in [0.1, 0.15) is 6.29 Å². The Bertz CT molecular complexity index is 562. The van der Waals surface area contributed by atoms with Crippen LogP contribution in [0.3, 0.4) is 0 Å². The average Bonchev–Trinajstić information content (AvgIpc) is 3.27. The monoisotopic (exact) mass is 456 g/mol. The quantitative estimate of drug-likeness (QED) is 0.126. The minimum absolute atomic E-state index is 0.0298. The lowest BCUT2D eigenvalue weighted by Gasteiger charge is -2.24. The Morgan fingerprint density at radius 2 is 1.29 bits per heavy atom. The van der Waals surface area contributed by atoms with Crippen molar-refractivity contribution in [1.29, 1.82) is 0 Å². The molecule has 0 fully saturated rings. The van der Waals surface area contributed by atoms with Gasteiger partial charge in [-0.3, -0.25) is 13.3 Å². The highest BCUT2D eigenvalue weighted by molar-refractivity contribution is 7.77. The Balaban J connectivity index is 1.83. The zero-order valence-corrected chi connectivity index (χ0v) is 19.5. The van der Waals surface area contributed by atoms with Gasteiger partial charge in [-0.2, -0.15) is 0 Å². The second kappa shape index (κ2) is 19.2. The predicted molar refractivity (Wildman–Crippen MR) is 119 cm³/mol. The van der Waals surface area contributed by atoms with Gasteiger partial charge in [0.25, 0.3) is 0 Å². The first kappa shape index (κ1) is 27.5. The predicted octanol–water partition coefficient (Wildman–Crippen LogP) is 5.60. The molecule has 0 N–H and O–H groups in total. The van der Waals surface area contributed by atoms with E-state index in [9.17, 15) is 18.4 Å². The number of aldehydes is 1. The van der Waals surface area contributed by atoms with E-state index < -0.39 is 11.3 Å². The van der Waals surface area contributed by atoms with Crippen molar-refractivity contribution < 1.29 is 18.4 Å². The lowest BCUT2D eigenvalue weighted by Crippen LogP contribution is -2.33. The van der Waals surface area contributed by atoms with Crippen LogP contribution in [-0.4, -0.2) is 38.0 Å². The number of hydrogen-bond acceptors (Lipinski definition) is 8. The summed E-state index contributed by atoms with van der Waals surface area (Å²) in [5, 5.41) is 14.9. The molecule has 1 heterocycles. The molecule has 178 valence electrons. The van der Waals surface area contributed by atoms with Crippen molar-refractivity contribution in [3.05, 3.63) is 0 Å². The summed E-state index contributed by atoms with van der Waals surface area (Å²) in [4.78, 5) is 22.3. The zero-order chi connectivity index (χ0) is 22.6. The van der Waals surface area contributed by atoms with E-state index >= 15 is 0 Å². The number of unbranched alkanes of at least 4 members (excludes halogenated alkanes) is 13. The lowest BCUT2D eigenvalue weighted by atomic mass is 10.0. The molecule has 1 unspecified atom stereocenters. The smallest absolute Gasteiger partial charge is 0.233 e. The molecule has 1 atom stereocenters. The average molecular weight is 457 g/mol. The van der Waals surface area contributed by atoms with E-state index in [4.69, 9.17) is 0 Å². The first-order valence-electron chi connectivity index (χ1n) is 11.8. The van der Waals surface area contributed by atoms with E-state index in [2.05, 4.69) is 20.7 Å². The van der Waals surface area contributed by atoms with Crippen LogP contribution in [0.2, 0.25) is 0 Å². The third-order valence-electron chi connectivity index (χ3n) is 5.40. The summed E-state index contributed by atoms with van der Waals surface area (Å²) in [6.45, 7) is 0.0910. The molecule has 0 radical (unpaired) electrons. The molecule has 0 saturated carbocycles. The van der Waals surface area contributed by atoms with Crippen LogP contribution in [0.5, 0.6) is 0 Å². The first-order chi connectivity index (χ1) is 15.1. The number of carbonyl (C=O) groups is 2. The van der Waals surface area contributed by atoms with E-state index in [1.807, 2.05) is 0 Å². The third kappa shape index (κ3) is 15.0. The van der Waals surface area contributed by atoms with Crippen LogP contribution in [0.25, 0.3) is 0 Å². The summed E-state index contributed by atoms with van der Waals surface area (Å²) in [6.07, 6.45) is 17.8. The Morgan fingerprint density at radius 1 is 0.806 bits per heavy atom. The van der Waals surface area contributed by atoms with Crippen LogP contribution >= 0.6 is 0 Å². The van der Waals surface area contributed by atoms with Crippen LogP contribution in [0.4, 0.5) is 0 Å². The van der Waals surface area contributed by atoms with Crippen molar-refractivity contribution in [2.75, 3.05) is 6.54 Å². The van der Waals surface area contributed by atoms with Gasteiger partial charge in [0.2, 0.25) is 5.91 Å². The van der Waals surface area contributed by atoms with Gasteiger partial charge in [0.15, 0.2) is 6.17 Å². The Kier molecular flexibility index (Phi) is 17.0. The highest BCUT2D eigenvalue weighted by Gasteiger charge is 2.13. The summed E-state index contributed by atoms with van der Waals surface area (Å²) < 4.78 is 23.1. The van der Waals surface area contributed by atoms with E-state index in [0.29, 0.717) is 12.8 Å². The normalized spacial score (nSPS) is 14.2. The molecule has 0 aromatic carbocycles. The van der Waals surface area contributed by atoms with Gasteiger partial charge in [-0.05, 0) is 36.1 Å². The second-order valence-electron chi connectivity index (χ2n) is 8.05. The zero-order valence-electron chi connectivity index (χ0n) is 18.7. The van der Waals surface area contributed by atoms with Crippen LogP contribution in [0, 0.1) is 0 Å². The summed E-state index contributed by atoms with van der Waals surface area (Å²) >= 11 is -2.55. The number of amides is 1. The topological polar surface area (TPSA) is 127 Å². The molecular formula is C21H38N5O4S-. The molecule has 9 nitrogen and oxygen atoms in total. The van der Waals surface area contributed by atoms with E-state index in [1.54, 1.807) is 0 Å². The summed E-state index contributed by atoms with van der Waals surface area (Å²) in [6, 6.07) is 0. The van der Waals surface area contributed by atoms with Crippen LogP contribution in [-0.2, 0) is 20.9 Å². The molecule has 0 aromatic rings. The maximum absolute atomic E-state index is 12.0. The van der Waals surface area contributed by atoms with Gasteiger partial charge in [-0.1, -0.05) is 70.6 Å². The number of rotatable bonds is 21. The van der Waals surface area contributed by atoms with Gasteiger partial charge >= 0.3 is 0 Å². The third-order valence-corrected chi connectivity index (χ3v) is 6.15. The fraction of sp³-hybridized carbons (Fsp3) is 0.905. The highest BCUT2D eigenvalue weighted by Crippen LogP contribution is 2.16. The second-order valence-corrected chi connectivity index (χ2v) is 8.92. The molecule has 0 saturated heterocycles. The van der Waals surface area contributed by atoms with Gasteiger partial charge < -0.3 is 9.35 Å². The van der Waals surface area contributed by atoms with Gasteiger partial charge in [-0.25, -0.2) is 0 Å². The van der Waals surface area contributed by atoms with Crippen molar-refractivity contribution in [2.45, 2.75) is 115 Å². The van der Waals surface area contributed by atoms with Crippen molar-refractivity contribution in [2.24, 2.45) is 20.7 Å². The standard InChI is InChI=1S/C21H39N5O4S/c27-19-15-14-18-26(31(29)30)21(28)17-13-11-9-7-5-3-1-2-4-6-8-10-12-16-20-22-24-25-23-20/h19-20H,1-18H2,(H,29,30)/p-1. The fourth-order valence-corrected chi connectivity index (χ4v) is 4.11. The van der Waals surface area contributed by atoms with E-state index in [-0.39, 0.29) is 31.5 Å². The van der Waals surface area contributed by atoms with E-state index in [0.717, 1.165) is 36.3 Å². The Morgan fingerprint density at radius 3 is 1.77 bits per heavy atom. The molecular weight excluding hydrogens is 418 g/mol. The maximum atomic E-state index is 12.0. The van der Waals surface area contributed by atoms with Crippen molar-refractivity contribution in [3.8, 4) is 0 Å². The number of nitrogens with zero attached hydrogens (tertiary/aromatic N) is 5. The fourth-order valence-electron chi connectivity index (χ4n) is 3.58. The molecule has 0 bridgehead atoms. The van der Waals surface area contributed by atoms with Crippen molar-refractivity contribution in [3.63, 3.8) is 0 Å². The highest BCUT2D eigenvalue weighted by atomic mass is 32.2. The molecule has 0 aromatic heterocycles. The summed E-state index contributed by atoms with van der Waals surface area (Å²) in [5.41, 5.74) is 0. The van der Waals surface area contributed by atoms with Crippen LogP contribution in [0.1, 0.15) is 109 Å².